The highest BCUT2D eigenvalue weighted by Crippen LogP contribution is 2.22. The van der Waals surface area contributed by atoms with E-state index in [1.807, 2.05) is 0 Å². The number of hydrogen-bond acceptors (Lipinski definition) is 6. The lowest BCUT2D eigenvalue weighted by Crippen LogP contribution is -2.45. The van der Waals surface area contributed by atoms with Crippen molar-refractivity contribution in [1.82, 2.24) is 20.2 Å². The molecule has 0 spiro atoms. The molecular formula is C19H23ClFN5O3. The lowest BCUT2D eigenvalue weighted by Gasteiger charge is -2.30. The first kappa shape index (κ1) is 21.2. The van der Waals surface area contributed by atoms with Gasteiger partial charge in [0, 0.05) is 19.3 Å². The van der Waals surface area contributed by atoms with E-state index in [-0.39, 0.29) is 24.2 Å². The zero-order chi connectivity index (χ0) is 21.0. The third-order valence-electron chi connectivity index (χ3n) is 4.61. The normalized spacial score (nSPS) is 15.4. The van der Waals surface area contributed by atoms with Crippen molar-refractivity contribution in [3.05, 3.63) is 52.1 Å². The Hall–Kier alpha value is -2.49. The lowest BCUT2D eigenvalue weighted by atomic mass is 10.1. The van der Waals surface area contributed by atoms with Gasteiger partial charge in [0.15, 0.2) is 0 Å². The predicted molar refractivity (Wildman–Crippen MR) is 106 cm³/mol. The molecule has 1 aliphatic heterocycles. The number of amides is 2. The van der Waals surface area contributed by atoms with Gasteiger partial charge in [-0.05, 0) is 36.6 Å². The van der Waals surface area contributed by atoms with Crippen LogP contribution in [0.4, 0.5) is 15.1 Å². The van der Waals surface area contributed by atoms with Gasteiger partial charge >= 0.3 is 6.03 Å². The SMILES string of the molecule is CC(O)CNc1ncc2c(n1)CN(C(=O)NC(CO)c1ccc(F)c(Cl)c1)CC2. The number of anilines is 1. The number of rotatable bonds is 6. The maximum Gasteiger partial charge on any atom is 0.318 e. The summed E-state index contributed by atoms with van der Waals surface area (Å²) in [6.45, 7) is 2.39. The molecule has 1 aliphatic rings. The molecule has 8 nitrogen and oxygen atoms in total. The van der Waals surface area contributed by atoms with Crippen molar-refractivity contribution in [2.45, 2.75) is 32.0 Å². The summed E-state index contributed by atoms with van der Waals surface area (Å²) in [5.41, 5.74) is 2.19. The third kappa shape index (κ3) is 5.31. The standard InChI is InChI=1S/C19H23ClFN5O3/c1-11(28)7-22-18-23-8-13-4-5-26(9-16(13)24-18)19(29)25-17(10-27)12-2-3-15(21)14(20)6-12/h2-3,6,8,11,17,27-28H,4-5,7,9-10H2,1H3,(H,25,29)(H,22,23,24). The van der Waals surface area contributed by atoms with Gasteiger partial charge in [0.05, 0.1) is 36.0 Å². The number of carbonyl (C=O) groups excluding carboxylic acids is 1. The average Bonchev–Trinajstić information content (AvgIpc) is 2.71. The molecule has 2 heterocycles. The fraction of sp³-hybridized carbons (Fsp3) is 0.421. The zero-order valence-corrected chi connectivity index (χ0v) is 16.7. The molecule has 29 heavy (non-hydrogen) atoms. The van der Waals surface area contributed by atoms with Crippen LogP contribution < -0.4 is 10.6 Å². The van der Waals surface area contributed by atoms with Crippen LogP contribution in [-0.2, 0) is 13.0 Å². The third-order valence-corrected chi connectivity index (χ3v) is 4.90. The van der Waals surface area contributed by atoms with Gasteiger partial charge in [-0.15, -0.1) is 0 Å². The van der Waals surface area contributed by atoms with Crippen LogP contribution in [0, 0.1) is 5.82 Å². The van der Waals surface area contributed by atoms with Gasteiger partial charge in [-0.3, -0.25) is 0 Å². The molecule has 10 heteroatoms. The molecule has 0 bridgehead atoms. The molecule has 1 aromatic heterocycles. The Bertz CT molecular complexity index is 883. The number of aromatic nitrogens is 2. The van der Waals surface area contributed by atoms with Gasteiger partial charge in [-0.1, -0.05) is 17.7 Å². The molecule has 0 radical (unpaired) electrons. The number of nitrogens with zero attached hydrogens (tertiary/aromatic N) is 3. The minimum atomic E-state index is -0.712. The maximum absolute atomic E-state index is 13.4. The quantitative estimate of drug-likeness (QED) is 0.564. The van der Waals surface area contributed by atoms with Crippen molar-refractivity contribution >= 4 is 23.6 Å². The highest BCUT2D eigenvalue weighted by molar-refractivity contribution is 6.30. The van der Waals surface area contributed by atoms with Gasteiger partial charge in [0.25, 0.3) is 0 Å². The van der Waals surface area contributed by atoms with Crippen LogP contribution in [0.25, 0.3) is 0 Å². The number of carbonyl (C=O) groups is 1. The highest BCUT2D eigenvalue weighted by atomic mass is 35.5. The van der Waals surface area contributed by atoms with E-state index in [1.54, 1.807) is 18.0 Å². The van der Waals surface area contributed by atoms with Crippen molar-refractivity contribution in [2.24, 2.45) is 0 Å². The van der Waals surface area contributed by atoms with Crippen molar-refractivity contribution in [3.63, 3.8) is 0 Å². The summed E-state index contributed by atoms with van der Waals surface area (Å²) in [7, 11) is 0. The molecule has 3 rings (SSSR count). The highest BCUT2D eigenvalue weighted by Gasteiger charge is 2.25. The smallest absolute Gasteiger partial charge is 0.318 e. The maximum atomic E-state index is 13.4. The molecule has 0 saturated carbocycles. The second-order valence-corrected chi connectivity index (χ2v) is 7.33. The monoisotopic (exact) mass is 423 g/mol. The van der Waals surface area contributed by atoms with Gasteiger partial charge in [0.2, 0.25) is 5.95 Å². The van der Waals surface area contributed by atoms with E-state index in [9.17, 15) is 19.4 Å². The Morgan fingerprint density at radius 2 is 2.24 bits per heavy atom. The second kappa shape index (κ2) is 9.34. The lowest BCUT2D eigenvalue weighted by molar-refractivity contribution is 0.176. The van der Waals surface area contributed by atoms with Crippen molar-refractivity contribution in [3.8, 4) is 0 Å². The number of aliphatic hydroxyl groups excluding tert-OH is 2. The molecule has 0 aliphatic carbocycles. The first-order valence-corrected chi connectivity index (χ1v) is 9.63. The summed E-state index contributed by atoms with van der Waals surface area (Å²) in [4.78, 5) is 22.9. The molecule has 2 atom stereocenters. The number of hydrogen-bond donors (Lipinski definition) is 4. The van der Waals surface area contributed by atoms with E-state index in [2.05, 4.69) is 20.6 Å². The Morgan fingerprint density at radius 1 is 1.45 bits per heavy atom. The van der Waals surface area contributed by atoms with Crippen LogP contribution in [-0.4, -0.2) is 56.9 Å². The summed E-state index contributed by atoms with van der Waals surface area (Å²) in [6, 6.07) is 2.98. The molecule has 0 saturated heterocycles. The minimum absolute atomic E-state index is 0.0731. The molecule has 4 N–H and O–H groups in total. The number of aliphatic hydroxyl groups is 2. The number of urea groups is 1. The van der Waals surface area contributed by atoms with Crippen LogP contribution in [0.3, 0.4) is 0 Å². The number of benzene rings is 1. The Morgan fingerprint density at radius 3 is 2.93 bits per heavy atom. The van der Waals surface area contributed by atoms with Crippen LogP contribution >= 0.6 is 11.6 Å². The van der Waals surface area contributed by atoms with E-state index in [4.69, 9.17) is 11.6 Å². The van der Waals surface area contributed by atoms with E-state index in [1.165, 1.54) is 18.2 Å². The zero-order valence-electron chi connectivity index (χ0n) is 15.9. The van der Waals surface area contributed by atoms with E-state index >= 15 is 0 Å². The number of fused-ring (bicyclic) bond motifs is 1. The Labute approximate surface area is 172 Å². The molecule has 0 fully saturated rings. The topological polar surface area (TPSA) is 111 Å². The van der Waals surface area contributed by atoms with Crippen LogP contribution in [0.2, 0.25) is 5.02 Å². The average molecular weight is 424 g/mol. The second-order valence-electron chi connectivity index (χ2n) is 6.93. The van der Waals surface area contributed by atoms with Gasteiger partial charge < -0.3 is 25.7 Å². The van der Waals surface area contributed by atoms with Crippen LogP contribution in [0.1, 0.15) is 29.8 Å². The van der Waals surface area contributed by atoms with Gasteiger partial charge in [-0.25, -0.2) is 19.2 Å². The minimum Gasteiger partial charge on any atom is -0.394 e. The molecule has 2 amide bonds. The number of nitrogens with one attached hydrogen (secondary N) is 2. The summed E-state index contributed by atoms with van der Waals surface area (Å²) in [5, 5.41) is 24.7. The molecule has 2 aromatic rings. The predicted octanol–water partition coefficient (Wildman–Crippen LogP) is 1.86. The summed E-state index contributed by atoms with van der Waals surface area (Å²) >= 11 is 5.80. The summed E-state index contributed by atoms with van der Waals surface area (Å²) < 4.78 is 13.4. The van der Waals surface area contributed by atoms with Crippen LogP contribution in [0.15, 0.2) is 24.4 Å². The molecular weight excluding hydrogens is 401 g/mol. The Kier molecular flexibility index (Phi) is 6.83. The van der Waals surface area contributed by atoms with Crippen molar-refractivity contribution in [1.29, 1.82) is 0 Å². The largest absolute Gasteiger partial charge is 0.394 e. The van der Waals surface area contributed by atoms with E-state index < -0.39 is 18.0 Å². The van der Waals surface area contributed by atoms with Gasteiger partial charge in [-0.2, -0.15) is 0 Å². The van der Waals surface area contributed by atoms with Crippen LogP contribution in [0.5, 0.6) is 0 Å². The summed E-state index contributed by atoms with van der Waals surface area (Å²) in [5.74, 6) is -0.174. The molecule has 2 unspecified atom stereocenters. The molecule has 156 valence electrons. The van der Waals surface area contributed by atoms with E-state index in [0.29, 0.717) is 31.0 Å². The summed E-state index contributed by atoms with van der Waals surface area (Å²) in [6.07, 6.45) is 1.79. The van der Waals surface area contributed by atoms with Crippen molar-refractivity contribution in [2.75, 3.05) is 25.0 Å². The first-order valence-electron chi connectivity index (χ1n) is 9.25. The number of halogens is 2. The van der Waals surface area contributed by atoms with Crippen molar-refractivity contribution < 1.29 is 19.4 Å². The fourth-order valence-electron chi connectivity index (χ4n) is 3.00. The van der Waals surface area contributed by atoms with Gasteiger partial charge in [0.1, 0.15) is 5.82 Å². The molecule has 1 aromatic carbocycles. The fourth-order valence-corrected chi connectivity index (χ4v) is 3.19. The first-order chi connectivity index (χ1) is 13.9. The Balaban J connectivity index is 1.67. The van der Waals surface area contributed by atoms with E-state index in [0.717, 1.165) is 11.3 Å².